The molecule has 1 aliphatic carbocycles. The number of hydrogen-bond acceptors (Lipinski definition) is 3. The van der Waals surface area contributed by atoms with Gasteiger partial charge >= 0.3 is 0 Å². The van der Waals surface area contributed by atoms with E-state index in [1.54, 1.807) is 13.8 Å². The molecule has 2 fully saturated rings. The van der Waals surface area contributed by atoms with Gasteiger partial charge in [-0.15, -0.1) is 0 Å². The van der Waals surface area contributed by atoms with E-state index in [9.17, 15) is 14.7 Å². The van der Waals surface area contributed by atoms with Gasteiger partial charge in [-0.25, -0.2) is 0 Å². The number of carbonyl (C=O) groups is 2. The molecule has 14 heavy (non-hydrogen) atoms. The zero-order chi connectivity index (χ0) is 10.5. The topological polar surface area (TPSA) is 57.6 Å². The highest BCUT2D eigenvalue weighted by Crippen LogP contribution is 2.47. The first kappa shape index (κ1) is 9.65. The summed E-state index contributed by atoms with van der Waals surface area (Å²) in [6.07, 6.45) is 1.20. The Labute approximate surface area is 82.9 Å². The lowest BCUT2D eigenvalue weighted by Gasteiger charge is -2.22. The van der Waals surface area contributed by atoms with Gasteiger partial charge in [0.1, 0.15) is 0 Å². The summed E-state index contributed by atoms with van der Waals surface area (Å²) < 4.78 is 0. The predicted molar refractivity (Wildman–Crippen MR) is 49.2 cm³/mol. The SMILES string of the molecule is CC(C)(O)CCN1C(=O)C2CC2C1=O. The summed E-state index contributed by atoms with van der Waals surface area (Å²) in [4.78, 5) is 24.3. The summed E-state index contributed by atoms with van der Waals surface area (Å²) in [5.41, 5.74) is -0.812. The van der Waals surface area contributed by atoms with Gasteiger partial charge in [0.25, 0.3) is 0 Å². The van der Waals surface area contributed by atoms with Crippen LogP contribution in [0, 0.1) is 11.8 Å². The molecule has 0 aromatic heterocycles. The van der Waals surface area contributed by atoms with Crippen molar-refractivity contribution in [1.82, 2.24) is 4.90 Å². The van der Waals surface area contributed by atoms with E-state index in [0.29, 0.717) is 13.0 Å². The number of likely N-dealkylation sites (tertiary alicyclic amines) is 1. The maximum Gasteiger partial charge on any atom is 0.233 e. The minimum atomic E-state index is -0.812. The molecule has 0 radical (unpaired) electrons. The van der Waals surface area contributed by atoms with E-state index in [1.807, 2.05) is 0 Å². The number of imide groups is 1. The van der Waals surface area contributed by atoms with Crippen LogP contribution in [-0.2, 0) is 9.59 Å². The van der Waals surface area contributed by atoms with Crippen LogP contribution < -0.4 is 0 Å². The minimum absolute atomic E-state index is 0.0238. The summed E-state index contributed by atoms with van der Waals surface area (Å²) in [6, 6.07) is 0. The van der Waals surface area contributed by atoms with Gasteiger partial charge < -0.3 is 5.11 Å². The van der Waals surface area contributed by atoms with Gasteiger partial charge in [-0.3, -0.25) is 14.5 Å². The monoisotopic (exact) mass is 197 g/mol. The van der Waals surface area contributed by atoms with E-state index in [2.05, 4.69) is 0 Å². The van der Waals surface area contributed by atoms with Crippen LogP contribution in [0.15, 0.2) is 0 Å². The van der Waals surface area contributed by atoms with Gasteiger partial charge in [-0.1, -0.05) is 0 Å². The zero-order valence-electron chi connectivity index (χ0n) is 8.49. The number of piperidine rings is 1. The van der Waals surface area contributed by atoms with E-state index in [4.69, 9.17) is 0 Å². The third-order valence-electron chi connectivity index (χ3n) is 2.90. The molecule has 0 spiro atoms. The average molecular weight is 197 g/mol. The first-order valence-electron chi connectivity index (χ1n) is 4.98. The first-order chi connectivity index (χ1) is 6.40. The third kappa shape index (κ3) is 1.54. The van der Waals surface area contributed by atoms with Crippen LogP contribution >= 0.6 is 0 Å². The molecule has 78 valence electrons. The summed E-state index contributed by atoms with van der Waals surface area (Å²) in [5, 5.41) is 9.48. The quantitative estimate of drug-likeness (QED) is 0.655. The van der Waals surface area contributed by atoms with E-state index >= 15 is 0 Å². The smallest absolute Gasteiger partial charge is 0.233 e. The molecule has 1 heterocycles. The summed E-state index contributed by atoms with van der Waals surface area (Å²) >= 11 is 0. The van der Waals surface area contributed by atoms with Crippen LogP contribution in [0.25, 0.3) is 0 Å². The van der Waals surface area contributed by atoms with Crippen molar-refractivity contribution in [2.24, 2.45) is 11.8 Å². The molecule has 2 amide bonds. The van der Waals surface area contributed by atoms with Gasteiger partial charge in [0.15, 0.2) is 0 Å². The van der Waals surface area contributed by atoms with Crippen molar-refractivity contribution in [2.75, 3.05) is 6.54 Å². The van der Waals surface area contributed by atoms with Gasteiger partial charge in [0, 0.05) is 6.54 Å². The Morgan fingerprint density at radius 3 is 2.29 bits per heavy atom. The number of nitrogens with zero attached hydrogens (tertiary/aromatic N) is 1. The van der Waals surface area contributed by atoms with Crippen molar-refractivity contribution in [1.29, 1.82) is 0 Å². The fourth-order valence-electron chi connectivity index (χ4n) is 1.86. The number of aliphatic hydroxyl groups is 1. The number of fused-ring (bicyclic) bond motifs is 1. The van der Waals surface area contributed by atoms with Crippen molar-refractivity contribution in [3.05, 3.63) is 0 Å². The molecule has 0 bridgehead atoms. The first-order valence-corrected chi connectivity index (χ1v) is 4.98. The highest BCUT2D eigenvalue weighted by molar-refractivity contribution is 6.08. The van der Waals surface area contributed by atoms with Crippen molar-refractivity contribution >= 4 is 11.8 Å². The average Bonchev–Trinajstić information content (AvgIpc) is 2.75. The van der Waals surface area contributed by atoms with E-state index in [0.717, 1.165) is 6.42 Å². The van der Waals surface area contributed by atoms with Crippen molar-refractivity contribution in [3.63, 3.8) is 0 Å². The van der Waals surface area contributed by atoms with Crippen molar-refractivity contribution in [3.8, 4) is 0 Å². The Morgan fingerprint density at radius 1 is 1.36 bits per heavy atom. The Morgan fingerprint density at radius 2 is 1.86 bits per heavy atom. The lowest BCUT2D eigenvalue weighted by molar-refractivity contribution is -0.141. The van der Waals surface area contributed by atoms with Crippen LogP contribution in [0.3, 0.4) is 0 Å². The summed E-state index contributed by atoms with van der Waals surface area (Å²) in [7, 11) is 0. The van der Waals surface area contributed by atoms with Crippen molar-refractivity contribution in [2.45, 2.75) is 32.3 Å². The molecule has 4 heteroatoms. The van der Waals surface area contributed by atoms with Gasteiger partial charge in [-0.05, 0) is 26.7 Å². The standard InChI is InChI=1S/C10H15NO3/c1-10(2,14)3-4-11-8(12)6-5-7(6)9(11)13/h6-7,14H,3-5H2,1-2H3. The molecule has 2 rings (SSSR count). The van der Waals surface area contributed by atoms with E-state index in [-0.39, 0.29) is 23.7 Å². The van der Waals surface area contributed by atoms with Crippen molar-refractivity contribution < 1.29 is 14.7 Å². The molecule has 0 aromatic rings. The predicted octanol–water partition coefficient (Wildman–Crippen LogP) is 0.152. The highest BCUT2D eigenvalue weighted by atomic mass is 16.3. The molecule has 2 aliphatic rings. The Balaban J connectivity index is 1.93. The minimum Gasteiger partial charge on any atom is -0.390 e. The Bertz CT molecular complexity index is 272. The van der Waals surface area contributed by atoms with Crippen LogP contribution in [0.1, 0.15) is 26.7 Å². The molecule has 4 nitrogen and oxygen atoms in total. The zero-order valence-corrected chi connectivity index (χ0v) is 8.49. The summed E-state index contributed by atoms with van der Waals surface area (Å²) in [5.74, 6) is -0.123. The van der Waals surface area contributed by atoms with Crippen LogP contribution in [-0.4, -0.2) is 34.0 Å². The highest BCUT2D eigenvalue weighted by Gasteiger charge is 2.58. The molecule has 1 saturated carbocycles. The van der Waals surface area contributed by atoms with Crippen LogP contribution in [0.5, 0.6) is 0 Å². The second-order valence-electron chi connectivity index (χ2n) is 4.84. The van der Waals surface area contributed by atoms with Gasteiger partial charge in [0.2, 0.25) is 11.8 Å². The fourth-order valence-corrected chi connectivity index (χ4v) is 1.86. The van der Waals surface area contributed by atoms with Crippen LogP contribution in [0.2, 0.25) is 0 Å². The molecular formula is C10H15NO3. The fraction of sp³-hybridized carbons (Fsp3) is 0.800. The molecule has 1 aliphatic heterocycles. The molecule has 1 N–H and O–H groups in total. The van der Waals surface area contributed by atoms with Gasteiger partial charge in [-0.2, -0.15) is 0 Å². The van der Waals surface area contributed by atoms with Gasteiger partial charge in [0.05, 0.1) is 17.4 Å². The number of carbonyl (C=O) groups excluding carboxylic acids is 2. The van der Waals surface area contributed by atoms with E-state index < -0.39 is 5.60 Å². The number of hydrogen-bond donors (Lipinski definition) is 1. The normalized spacial score (nSPS) is 30.9. The molecule has 1 saturated heterocycles. The maximum absolute atomic E-state index is 11.5. The Kier molecular flexibility index (Phi) is 1.93. The molecule has 0 aromatic carbocycles. The lowest BCUT2D eigenvalue weighted by atomic mass is 10.1. The third-order valence-corrected chi connectivity index (χ3v) is 2.90. The largest absolute Gasteiger partial charge is 0.390 e. The maximum atomic E-state index is 11.5. The number of rotatable bonds is 3. The lowest BCUT2D eigenvalue weighted by Crippen LogP contribution is -2.37. The molecule has 2 unspecified atom stereocenters. The summed E-state index contributed by atoms with van der Waals surface area (Å²) in [6.45, 7) is 3.71. The Hall–Kier alpha value is -0.900. The molecular weight excluding hydrogens is 182 g/mol. The second-order valence-corrected chi connectivity index (χ2v) is 4.84. The van der Waals surface area contributed by atoms with Crippen LogP contribution in [0.4, 0.5) is 0 Å². The second kappa shape index (κ2) is 2.79. The number of amides is 2. The van der Waals surface area contributed by atoms with E-state index in [1.165, 1.54) is 4.90 Å². The molecule has 2 atom stereocenters.